The molecule has 2 aromatic carbocycles. The Balaban J connectivity index is 2.16. The first-order valence-electron chi connectivity index (χ1n) is 6.62. The van der Waals surface area contributed by atoms with Crippen molar-refractivity contribution in [1.29, 1.82) is 0 Å². The van der Waals surface area contributed by atoms with E-state index in [2.05, 4.69) is 50.2 Å². The van der Waals surface area contributed by atoms with Crippen LogP contribution in [0.1, 0.15) is 18.9 Å². The summed E-state index contributed by atoms with van der Waals surface area (Å²) in [5.74, 6) is 1.70. The Bertz CT molecular complexity index is 572. The molecule has 106 valence electrons. The molecule has 0 spiro atoms. The Labute approximate surface area is 136 Å². The lowest BCUT2D eigenvalue weighted by molar-refractivity contribution is 0.469. The highest BCUT2D eigenvalue weighted by molar-refractivity contribution is 9.11. The van der Waals surface area contributed by atoms with E-state index in [1.165, 1.54) is 0 Å². The molecule has 1 N–H and O–H groups in total. The number of halogens is 2. The van der Waals surface area contributed by atoms with E-state index < -0.39 is 0 Å². The van der Waals surface area contributed by atoms with Crippen LogP contribution >= 0.6 is 31.9 Å². The van der Waals surface area contributed by atoms with E-state index in [0.29, 0.717) is 0 Å². The zero-order chi connectivity index (χ0) is 14.4. The van der Waals surface area contributed by atoms with Crippen LogP contribution in [0, 0.1) is 0 Å². The Morgan fingerprint density at radius 3 is 2.60 bits per heavy atom. The topological polar surface area (TPSA) is 21.3 Å². The molecule has 0 aromatic heterocycles. The third kappa shape index (κ3) is 4.33. The zero-order valence-electron chi connectivity index (χ0n) is 11.3. The summed E-state index contributed by atoms with van der Waals surface area (Å²) in [6, 6.07) is 14.0. The second kappa shape index (κ2) is 7.81. The fraction of sp³-hybridized carbons (Fsp3) is 0.250. The Hall–Kier alpha value is -0.840. The highest BCUT2D eigenvalue weighted by Gasteiger charge is 2.07. The molecule has 0 atom stereocenters. The van der Waals surface area contributed by atoms with Crippen molar-refractivity contribution in [2.75, 3.05) is 6.54 Å². The molecular weight excluding hydrogens is 382 g/mol. The molecule has 0 fully saturated rings. The van der Waals surface area contributed by atoms with Gasteiger partial charge in [0.2, 0.25) is 0 Å². The van der Waals surface area contributed by atoms with Crippen LogP contribution in [0.5, 0.6) is 11.5 Å². The average molecular weight is 399 g/mol. The van der Waals surface area contributed by atoms with E-state index in [4.69, 9.17) is 4.74 Å². The highest BCUT2D eigenvalue weighted by atomic mass is 79.9. The van der Waals surface area contributed by atoms with E-state index in [1.807, 2.05) is 36.4 Å². The van der Waals surface area contributed by atoms with Crippen molar-refractivity contribution in [3.05, 3.63) is 57.0 Å². The minimum absolute atomic E-state index is 0.816. The van der Waals surface area contributed by atoms with Gasteiger partial charge < -0.3 is 10.1 Å². The SMILES string of the molecule is CCCNCc1ccccc1Oc1ccc(Br)cc1Br. The molecule has 2 aromatic rings. The lowest BCUT2D eigenvalue weighted by atomic mass is 10.2. The molecule has 0 radical (unpaired) electrons. The van der Waals surface area contributed by atoms with Crippen LogP contribution in [0.3, 0.4) is 0 Å². The third-order valence-electron chi connectivity index (χ3n) is 2.83. The molecule has 0 aliphatic carbocycles. The monoisotopic (exact) mass is 397 g/mol. The standard InChI is InChI=1S/C16H17Br2NO/c1-2-9-19-11-12-5-3-4-6-15(12)20-16-8-7-13(17)10-14(16)18/h3-8,10,19H,2,9,11H2,1H3. The predicted octanol–water partition coefficient (Wildman–Crippen LogP) is 5.50. The molecule has 0 heterocycles. The number of nitrogens with one attached hydrogen (secondary N) is 1. The summed E-state index contributed by atoms with van der Waals surface area (Å²) < 4.78 is 7.97. The summed E-state index contributed by atoms with van der Waals surface area (Å²) in [4.78, 5) is 0. The normalized spacial score (nSPS) is 10.6. The molecule has 0 bridgehead atoms. The zero-order valence-corrected chi connectivity index (χ0v) is 14.5. The van der Waals surface area contributed by atoms with E-state index >= 15 is 0 Å². The van der Waals surface area contributed by atoms with Crippen molar-refractivity contribution in [2.24, 2.45) is 0 Å². The van der Waals surface area contributed by atoms with Gasteiger partial charge >= 0.3 is 0 Å². The minimum Gasteiger partial charge on any atom is -0.456 e. The molecule has 2 rings (SSSR count). The van der Waals surface area contributed by atoms with Crippen molar-refractivity contribution < 1.29 is 4.74 Å². The van der Waals surface area contributed by atoms with E-state index in [1.54, 1.807) is 0 Å². The van der Waals surface area contributed by atoms with Gasteiger partial charge in [-0.25, -0.2) is 0 Å². The van der Waals surface area contributed by atoms with Gasteiger partial charge in [0, 0.05) is 16.6 Å². The van der Waals surface area contributed by atoms with Gasteiger partial charge in [0.1, 0.15) is 11.5 Å². The highest BCUT2D eigenvalue weighted by Crippen LogP contribution is 2.33. The lowest BCUT2D eigenvalue weighted by Crippen LogP contribution is -2.14. The summed E-state index contributed by atoms with van der Waals surface area (Å²) in [5, 5.41) is 3.40. The van der Waals surface area contributed by atoms with Crippen LogP contribution in [-0.2, 0) is 6.54 Å². The fourth-order valence-electron chi connectivity index (χ4n) is 1.83. The van der Waals surface area contributed by atoms with Crippen LogP contribution in [0.25, 0.3) is 0 Å². The van der Waals surface area contributed by atoms with Crippen molar-refractivity contribution in [3.63, 3.8) is 0 Å². The maximum atomic E-state index is 6.02. The Morgan fingerprint density at radius 2 is 1.85 bits per heavy atom. The number of rotatable bonds is 6. The smallest absolute Gasteiger partial charge is 0.141 e. The molecule has 0 unspecified atom stereocenters. The van der Waals surface area contributed by atoms with Crippen molar-refractivity contribution in [1.82, 2.24) is 5.32 Å². The molecule has 2 nitrogen and oxygen atoms in total. The Morgan fingerprint density at radius 1 is 1.05 bits per heavy atom. The van der Waals surface area contributed by atoms with Crippen molar-refractivity contribution in [3.8, 4) is 11.5 Å². The number of para-hydroxylation sites is 1. The predicted molar refractivity (Wildman–Crippen MR) is 90.4 cm³/mol. The van der Waals surface area contributed by atoms with Gasteiger partial charge in [-0.15, -0.1) is 0 Å². The van der Waals surface area contributed by atoms with Gasteiger partial charge in [-0.1, -0.05) is 41.1 Å². The first kappa shape index (κ1) is 15.5. The minimum atomic E-state index is 0.816. The second-order valence-electron chi connectivity index (χ2n) is 4.46. The van der Waals surface area contributed by atoms with Gasteiger partial charge in [0.15, 0.2) is 0 Å². The fourth-order valence-corrected chi connectivity index (χ4v) is 2.95. The molecule has 0 amide bonds. The first-order chi connectivity index (χ1) is 9.70. The van der Waals surface area contributed by atoms with E-state index in [9.17, 15) is 0 Å². The average Bonchev–Trinajstić information content (AvgIpc) is 2.44. The number of ether oxygens (including phenoxy) is 1. The van der Waals surface area contributed by atoms with Gasteiger partial charge in [-0.2, -0.15) is 0 Å². The van der Waals surface area contributed by atoms with Crippen LogP contribution < -0.4 is 10.1 Å². The van der Waals surface area contributed by atoms with Crippen LogP contribution in [0.15, 0.2) is 51.4 Å². The molecule has 0 aliphatic heterocycles. The second-order valence-corrected chi connectivity index (χ2v) is 6.23. The summed E-state index contributed by atoms with van der Waals surface area (Å²) in [7, 11) is 0. The Kier molecular flexibility index (Phi) is 6.07. The van der Waals surface area contributed by atoms with E-state index in [-0.39, 0.29) is 0 Å². The number of hydrogen-bond donors (Lipinski definition) is 1. The molecule has 4 heteroatoms. The molecule has 0 saturated heterocycles. The van der Waals surface area contributed by atoms with Crippen molar-refractivity contribution in [2.45, 2.75) is 19.9 Å². The number of benzene rings is 2. The summed E-state index contributed by atoms with van der Waals surface area (Å²) in [6.07, 6.45) is 1.13. The summed E-state index contributed by atoms with van der Waals surface area (Å²) in [5.41, 5.74) is 1.16. The van der Waals surface area contributed by atoms with Crippen LogP contribution in [0.2, 0.25) is 0 Å². The maximum Gasteiger partial charge on any atom is 0.141 e. The molecule has 0 aliphatic rings. The molecule has 20 heavy (non-hydrogen) atoms. The largest absolute Gasteiger partial charge is 0.456 e. The third-order valence-corrected chi connectivity index (χ3v) is 3.94. The van der Waals surface area contributed by atoms with Gasteiger partial charge in [0.05, 0.1) is 4.47 Å². The van der Waals surface area contributed by atoms with Crippen LogP contribution in [-0.4, -0.2) is 6.54 Å². The van der Waals surface area contributed by atoms with Gasteiger partial charge in [0.25, 0.3) is 0 Å². The maximum absolute atomic E-state index is 6.02. The lowest BCUT2D eigenvalue weighted by Gasteiger charge is -2.13. The quantitative estimate of drug-likeness (QED) is 0.648. The van der Waals surface area contributed by atoms with Gasteiger partial charge in [-0.3, -0.25) is 0 Å². The summed E-state index contributed by atoms with van der Waals surface area (Å²) >= 11 is 6.97. The van der Waals surface area contributed by atoms with E-state index in [0.717, 1.165) is 45.5 Å². The number of hydrogen-bond acceptors (Lipinski definition) is 2. The van der Waals surface area contributed by atoms with Crippen LogP contribution in [0.4, 0.5) is 0 Å². The van der Waals surface area contributed by atoms with Crippen molar-refractivity contribution >= 4 is 31.9 Å². The summed E-state index contributed by atoms with van der Waals surface area (Å²) in [6.45, 7) is 3.99. The van der Waals surface area contributed by atoms with Gasteiger partial charge in [-0.05, 0) is 53.2 Å². The molecular formula is C16H17Br2NO. The first-order valence-corrected chi connectivity index (χ1v) is 8.21. The molecule has 0 saturated carbocycles.